The Kier molecular flexibility index (Phi) is 7.73. The van der Waals surface area contributed by atoms with Crippen LogP contribution in [0.3, 0.4) is 0 Å². The largest absolute Gasteiger partial charge is 0.382 e. The quantitative estimate of drug-likeness (QED) is 0.252. The van der Waals surface area contributed by atoms with Gasteiger partial charge >= 0.3 is 0 Å². The molecule has 3 N–H and O–H groups in total. The average Bonchev–Trinajstić information content (AvgIpc) is 3.72. The number of nitriles is 1. The van der Waals surface area contributed by atoms with E-state index in [2.05, 4.69) is 64.6 Å². The minimum atomic E-state index is 0.138. The van der Waals surface area contributed by atoms with Gasteiger partial charge in [-0.1, -0.05) is 12.1 Å². The highest BCUT2D eigenvalue weighted by atomic mass is 15.5. The smallest absolute Gasteiger partial charge is 0.234 e. The van der Waals surface area contributed by atoms with Crippen molar-refractivity contribution in [1.29, 1.82) is 5.26 Å². The number of nitrogens with zero attached hydrogens (tertiary/aromatic N) is 12. The van der Waals surface area contributed by atoms with Gasteiger partial charge in [0.15, 0.2) is 17.3 Å². The fourth-order valence-electron chi connectivity index (χ4n) is 5.61. The first-order valence-corrected chi connectivity index (χ1v) is 15.1. The highest BCUT2D eigenvalue weighted by molar-refractivity contribution is 5.83. The van der Waals surface area contributed by atoms with Crippen LogP contribution in [0.25, 0.3) is 39.8 Å². The predicted octanol–water partition coefficient (Wildman–Crippen LogP) is 4.04. The summed E-state index contributed by atoms with van der Waals surface area (Å²) in [6.07, 6.45) is 8.47. The molecule has 6 heterocycles. The SMILES string of the molecule is CC(C)n1ncc(-c2ccc3nc(-c4nccnc4N)n(-c4ccc(CN5CCC(Nc6ccnc(C#N)n6)CC5)cc4)c3n2)n1. The van der Waals surface area contributed by atoms with Crippen molar-refractivity contribution in [3.8, 4) is 34.7 Å². The lowest BCUT2D eigenvalue weighted by molar-refractivity contribution is 0.211. The normalized spacial score (nSPS) is 14.1. The Hall–Kier alpha value is -5.81. The molecule has 14 heteroatoms. The zero-order valence-electron chi connectivity index (χ0n) is 25.5. The van der Waals surface area contributed by atoms with Gasteiger partial charge in [-0.3, -0.25) is 9.47 Å². The fraction of sp³-hybridized carbons (Fsp3) is 0.281. The number of nitrogens with one attached hydrogen (secondary N) is 1. The summed E-state index contributed by atoms with van der Waals surface area (Å²) in [5, 5.41) is 21.5. The van der Waals surface area contributed by atoms with Crippen molar-refractivity contribution in [2.24, 2.45) is 0 Å². The van der Waals surface area contributed by atoms with Crippen molar-refractivity contribution in [3.63, 3.8) is 0 Å². The van der Waals surface area contributed by atoms with E-state index < -0.39 is 0 Å². The number of hydrogen-bond donors (Lipinski definition) is 2. The van der Waals surface area contributed by atoms with Crippen molar-refractivity contribution in [1.82, 2.24) is 54.4 Å². The number of hydrogen-bond acceptors (Lipinski definition) is 12. The number of pyridine rings is 1. The molecule has 0 saturated carbocycles. The van der Waals surface area contributed by atoms with Gasteiger partial charge in [0.05, 0.1) is 17.9 Å². The van der Waals surface area contributed by atoms with E-state index in [4.69, 9.17) is 21.0 Å². The van der Waals surface area contributed by atoms with Gasteiger partial charge in [0.1, 0.15) is 28.8 Å². The van der Waals surface area contributed by atoms with Crippen molar-refractivity contribution >= 4 is 22.8 Å². The van der Waals surface area contributed by atoms with E-state index in [0.717, 1.165) is 38.2 Å². The van der Waals surface area contributed by atoms with Gasteiger partial charge in [-0.05, 0) is 62.6 Å². The Morgan fingerprint density at radius 2 is 1.74 bits per heavy atom. The van der Waals surface area contributed by atoms with Crippen molar-refractivity contribution < 1.29 is 0 Å². The van der Waals surface area contributed by atoms with E-state index in [9.17, 15) is 0 Å². The number of benzene rings is 1. The molecule has 0 atom stereocenters. The molecule has 0 radical (unpaired) electrons. The van der Waals surface area contributed by atoms with Crippen LogP contribution in [-0.2, 0) is 6.54 Å². The third kappa shape index (κ3) is 5.83. The van der Waals surface area contributed by atoms with E-state index >= 15 is 0 Å². The Balaban J connectivity index is 1.13. The number of rotatable bonds is 8. The lowest BCUT2D eigenvalue weighted by Crippen LogP contribution is -2.38. The summed E-state index contributed by atoms with van der Waals surface area (Å²) in [6, 6.07) is 16.5. The molecule has 5 aromatic heterocycles. The first-order valence-electron chi connectivity index (χ1n) is 15.1. The molecule has 1 aromatic carbocycles. The standard InChI is InChI=1S/C32H32N14/c1-20(2)46-38-18-26(43-46)24-7-8-25-31(40-24)45(32(41-25)29-30(34)37-14-13-36-29)23-5-3-21(4-6-23)19-44-15-10-22(11-16-44)39-27-9-12-35-28(17-33)42-27/h3-9,12-14,18,20,22H,10-11,15-16,19H2,1-2H3,(H2,34,37)(H,35,39,42). The molecule has 14 nitrogen and oxygen atoms in total. The fourth-order valence-corrected chi connectivity index (χ4v) is 5.61. The highest BCUT2D eigenvalue weighted by Crippen LogP contribution is 2.30. The van der Waals surface area contributed by atoms with Gasteiger partial charge in [-0.2, -0.15) is 20.3 Å². The van der Waals surface area contributed by atoms with Crippen LogP contribution >= 0.6 is 0 Å². The topological polar surface area (TPSA) is 178 Å². The second-order valence-corrected chi connectivity index (χ2v) is 11.5. The monoisotopic (exact) mass is 612 g/mol. The van der Waals surface area contributed by atoms with E-state index in [1.807, 2.05) is 36.6 Å². The molecule has 230 valence electrons. The predicted molar refractivity (Wildman–Crippen MR) is 172 cm³/mol. The third-order valence-electron chi connectivity index (χ3n) is 7.97. The molecule has 1 saturated heterocycles. The lowest BCUT2D eigenvalue weighted by atomic mass is 10.0. The molecule has 1 fully saturated rings. The summed E-state index contributed by atoms with van der Waals surface area (Å²) in [5.41, 5.74) is 11.6. The van der Waals surface area contributed by atoms with Crippen LogP contribution in [0.2, 0.25) is 0 Å². The van der Waals surface area contributed by atoms with Crippen LogP contribution < -0.4 is 11.1 Å². The molecule has 46 heavy (non-hydrogen) atoms. The molecule has 0 unspecified atom stereocenters. The Labute approximate surface area is 265 Å². The summed E-state index contributed by atoms with van der Waals surface area (Å²) in [5.74, 6) is 1.72. The van der Waals surface area contributed by atoms with E-state index in [1.165, 1.54) is 5.56 Å². The maximum Gasteiger partial charge on any atom is 0.234 e. The third-order valence-corrected chi connectivity index (χ3v) is 7.97. The Morgan fingerprint density at radius 3 is 2.48 bits per heavy atom. The molecular weight excluding hydrogens is 580 g/mol. The Bertz CT molecular complexity index is 2030. The molecular formula is C32H32N14. The van der Waals surface area contributed by atoms with Crippen molar-refractivity contribution in [3.05, 3.63) is 78.6 Å². The highest BCUT2D eigenvalue weighted by Gasteiger charge is 2.22. The minimum Gasteiger partial charge on any atom is -0.382 e. The number of nitrogen functional groups attached to an aromatic ring is 1. The molecule has 1 aliphatic heterocycles. The molecule has 0 amide bonds. The van der Waals surface area contributed by atoms with Gasteiger partial charge in [-0.25, -0.2) is 29.9 Å². The van der Waals surface area contributed by atoms with E-state index in [1.54, 1.807) is 35.7 Å². The number of imidazole rings is 1. The molecule has 0 bridgehead atoms. The van der Waals surface area contributed by atoms with Gasteiger partial charge in [0.2, 0.25) is 5.82 Å². The van der Waals surface area contributed by atoms with Gasteiger partial charge in [-0.15, -0.1) is 0 Å². The zero-order chi connectivity index (χ0) is 31.6. The van der Waals surface area contributed by atoms with Crippen LogP contribution in [0.5, 0.6) is 0 Å². The summed E-state index contributed by atoms with van der Waals surface area (Å²) in [6.45, 7) is 6.80. The molecule has 0 spiro atoms. The minimum absolute atomic E-state index is 0.138. The number of nitrogens with two attached hydrogens (primary N) is 1. The van der Waals surface area contributed by atoms with Gasteiger partial charge in [0.25, 0.3) is 0 Å². The molecule has 1 aliphatic rings. The second kappa shape index (κ2) is 12.3. The van der Waals surface area contributed by atoms with Crippen LogP contribution in [0.15, 0.2) is 67.3 Å². The maximum absolute atomic E-state index is 9.07. The van der Waals surface area contributed by atoms with Gasteiger partial charge in [0, 0.05) is 50.0 Å². The first-order chi connectivity index (χ1) is 22.4. The van der Waals surface area contributed by atoms with Crippen molar-refractivity contribution in [2.45, 2.75) is 45.3 Å². The second-order valence-electron chi connectivity index (χ2n) is 11.5. The maximum atomic E-state index is 9.07. The van der Waals surface area contributed by atoms with Crippen LogP contribution in [-0.4, -0.2) is 73.5 Å². The number of likely N-dealkylation sites (tertiary alicyclic amines) is 1. The van der Waals surface area contributed by atoms with E-state index in [0.29, 0.717) is 51.7 Å². The summed E-state index contributed by atoms with van der Waals surface area (Å²) in [7, 11) is 0. The molecule has 0 aliphatic carbocycles. The molecule has 7 rings (SSSR count). The number of anilines is 2. The number of fused-ring (bicyclic) bond motifs is 1. The van der Waals surface area contributed by atoms with Crippen LogP contribution in [0.1, 0.15) is 44.1 Å². The zero-order valence-corrected chi connectivity index (χ0v) is 25.5. The summed E-state index contributed by atoms with van der Waals surface area (Å²) in [4.78, 5) is 31.0. The first kappa shape index (κ1) is 28.9. The van der Waals surface area contributed by atoms with E-state index in [-0.39, 0.29) is 11.9 Å². The van der Waals surface area contributed by atoms with Crippen LogP contribution in [0, 0.1) is 11.3 Å². The van der Waals surface area contributed by atoms with Crippen molar-refractivity contribution in [2.75, 3.05) is 24.1 Å². The average molecular weight is 613 g/mol. The number of aromatic nitrogens is 10. The van der Waals surface area contributed by atoms with Crippen LogP contribution in [0.4, 0.5) is 11.6 Å². The van der Waals surface area contributed by atoms with Gasteiger partial charge < -0.3 is 11.1 Å². The number of piperidine rings is 1. The molecule has 6 aromatic rings. The Morgan fingerprint density at radius 1 is 0.935 bits per heavy atom. The summed E-state index contributed by atoms with van der Waals surface area (Å²) < 4.78 is 1.97. The lowest BCUT2D eigenvalue weighted by Gasteiger charge is -2.32. The summed E-state index contributed by atoms with van der Waals surface area (Å²) >= 11 is 0.